The maximum atomic E-state index is 12.1. The van der Waals surface area contributed by atoms with Crippen molar-refractivity contribution >= 4 is 21.9 Å². The summed E-state index contributed by atoms with van der Waals surface area (Å²) in [6.07, 6.45) is 0.856. The fourth-order valence-corrected chi connectivity index (χ4v) is 2.18. The Kier molecular flexibility index (Phi) is 4.27. The summed E-state index contributed by atoms with van der Waals surface area (Å²) in [5.41, 5.74) is 0.290. The van der Waals surface area contributed by atoms with Crippen molar-refractivity contribution in [3.63, 3.8) is 0 Å². The molecule has 1 aromatic carbocycles. The van der Waals surface area contributed by atoms with Crippen molar-refractivity contribution < 1.29 is 22.7 Å². The van der Waals surface area contributed by atoms with Gasteiger partial charge in [0.15, 0.2) is 5.69 Å². The van der Waals surface area contributed by atoms with Gasteiger partial charge in [-0.2, -0.15) is 5.10 Å². The number of ether oxygens (including phenoxy) is 1. The van der Waals surface area contributed by atoms with Gasteiger partial charge >= 0.3 is 5.97 Å². The smallest absolute Gasteiger partial charge is 0.358 e. The van der Waals surface area contributed by atoms with Crippen LogP contribution in [0, 0.1) is 0 Å². The topological polar surface area (TPSA) is 107 Å². The van der Waals surface area contributed by atoms with Gasteiger partial charge in [0.2, 0.25) is 10.0 Å². The molecule has 0 saturated heterocycles. The molecule has 1 amide bonds. The zero-order chi connectivity index (χ0) is 16.3. The molecule has 1 N–H and O–H groups in total. The molecule has 116 valence electrons. The first-order valence-electron chi connectivity index (χ1n) is 6.08. The molecule has 0 aliphatic rings. The van der Waals surface area contributed by atoms with Gasteiger partial charge in [-0.15, -0.1) is 0 Å². The van der Waals surface area contributed by atoms with Gasteiger partial charge in [-0.3, -0.25) is 4.79 Å². The highest BCUT2D eigenvalue weighted by Gasteiger charge is 2.22. The minimum absolute atomic E-state index is 0.1000. The maximum absolute atomic E-state index is 12.1. The van der Waals surface area contributed by atoms with Crippen molar-refractivity contribution in [1.82, 2.24) is 14.5 Å². The van der Waals surface area contributed by atoms with Gasteiger partial charge in [0, 0.05) is 6.07 Å². The maximum Gasteiger partial charge on any atom is 0.358 e. The standard InChI is InChI=1S/C13H13N3O5S/c1-21-13(18)10-8-11(12(17)15-22(2,19)20)16(14-10)9-6-4-3-5-7-9/h3-8H,1-2H3,(H,15,17). The monoisotopic (exact) mass is 323 g/mol. The molecule has 22 heavy (non-hydrogen) atoms. The van der Waals surface area contributed by atoms with Crippen LogP contribution in [0.25, 0.3) is 5.69 Å². The summed E-state index contributed by atoms with van der Waals surface area (Å²) in [5.74, 6) is -1.63. The molecule has 2 rings (SSSR count). The number of esters is 1. The molecule has 8 nitrogen and oxygen atoms in total. The van der Waals surface area contributed by atoms with Crippen molar-refractivity contribution in [2.45, 2.75) is 0 Å². The molecule has 9 heteroatoms. The normalized spacial score (nSPS) is 11.0. The van der Waals surface area contributed by atoms with Crippen molar-refractivity contribution in [1.29, 1.82) is 0 Å². The Morgan fingerprint density at radius 1 is 1.23 bits per heavy atom. The van der Waals surface area contributed by atoms with Gasteiger partial charge in [-0.1, -0.05) is 18.2 Å². The van der Waals surface area contributed by atoms with Crippen LogP contribution >= 0.6 is 0 Å². The van der Waals surface area contributed by atoms with Gasteiger partial charge in [0.25, 0.3) is 5.91 Å². The third kappa shape index (κ3) is 3.50. The minimum Gasteiger partial charge on any atom is -0.464 e. The molecular weight excluding hydrogens is 310 g/mol. The third-order valence-corrected chi connectivity index (χ3v) is 3.17. The molecule has 0 aliphatic carbocycles. The second-order valence-electron chi connectivity index (χ2n) is 4.36. The van der Waals surface area contributed by atoms with Crippen LogP contribution in [0.2, 0.25) is 0 Å². The zero-order valence-electron chi connectivity index (χ0n) is 11.8. The number of hydrogen-bond donors (Lipinski definition) is 1. The van der Waals surface area contributed by atoms with Crippen LogP contribution in [-0.4, -0.2) is 43.4 Å². The van der Waals surface area contributed by atoms with Gasteiger partial charge in [0.1, 0.15) is 5.69 Å². The molecule has 1 heterocycles. The lowest BCUT2D eigenvalue weighted by atomic mass is 10.3. The molecule has 0 radical (unpaired) electrons. The van der Waals surface area contributed by atoms with Crippen molar-refractivity contribution in [3.05, 3.63) is 47.8 Å². The van der Waals surface area contributed by atoms with E-state index >= 15 is 0 Å². The molecule has 1 aromatic heterocycles. The van der Waals surface area contributed by atoms with E-state index in [0.29, 0.717) is 5.69 Å². The fraction of sp³-hybridized carbons (Fsp3) is 0.154. The first kappa shape index (κ1) is 15.7. The quantitative estimate of drug-likeness (QED) is 0.813. The second kappa shape index (κ2) is 5.98. The lowest BCUT2D eigenvalue weighted by molar-refractivity contribution is 0.0593. The highest BCUT2D eigenvalue weighted by Crippen LogP contribution is 2.13. The predicted octanol–water partition coefficient (Wildman–Crippen LogP) is 0.348. The van der Waals surface area contributed by atoms with Crippen molar-refractivity contribution in [3.8, 4) is 5.69 Å². The predicted molar refractivity (Wildman–Crippen MR) is 77.2 cm³/mol. The second-order valence-corrected chi connectivity index (χ2v) is 6.11. The van der Waals surface area contributed by atoms with E-state index in [9.17, 15) is 18.0 Å². The Morgan fingerprint density at radius 3 is 2.41 bits per heavy atom. The highest BCUT2D eigenvalue weighted by atomic mass is 32.2. The number of para-hydroxylation sites is 1. The summed E-state index contributed by atoms with van der Waals surface area (Å²) in [6, 6.07) is 9.68. The minimum atomic E-state index is -3.74. The van der Waals surface area contributed by atoms with E-state index in [1.54, 1.807) is 30.3 Å². The average Bonchev–Trinajstić information content (AvgIpc) is 2.91. The molecule has 0 bridgehead atoms. The van der Waals surface area contributed by atoms with Crippen LogP contribution in [0.15, 0.2) is 36.4 Å². The Morgan fingerprint density at radius 2 is 1.86 bits per heavy atom. The van der Waals surface area contributed by atoms with E-state index < -0.39 is 21.9 Å². The number of nitrogens with zero attached hydrogens (tertiary/aromatic N) is 2. The molecule has 2 aromatic rings. The molecule has 0 atom stereocenters. The van der Waals surface area contributed by atoms with Crippen LogP contribution < -0.4 is 4.72 Å². The Hall–Kier alpha value is -2.68. The Balaban J connectivity index is 2.53. The lowest BCUT2D eigenvalue weighted by Crippen LogP contribution is -2.31. The third-order valence-electron chi connectivity index (χ3n) is 2.62. The summed E-state index contributed by atoms with van der Waals surface area (Å²) in [7, 11) is -2.56. The van der Waals surface area contributed by atoms with Crippen LogP contribution in [0.5, 0.6) is 0 Å². The number of hydrogen-bond acceptors (Lipinski definition) is 6. The zero-order valence-corrected chi connectivity index (χ0v) is 12.6. The number of benzene rings is 1. The van der Waals surface area contributed by atoms with Gasteiger partial charge in [-0.25, -0.2) is 22.6 Å². The van der Waals surface area contributed by atoms with Gasteiger partial charge in [-0.05, 0) is 12.1 Å². The SMILES string of the molecule is COC(=O)c1cc(C(=O)NS(C)(=O)=O)n(-c2ccccc2)n1. The Labute approximate surface area is 126 Å². The van der Waals surface area contributed by atoms with Crippen molar-refractivity contribution in [2.24, 2.45) is 0 Å². The summed E-state index contributed by atoms with van der Waals surface area (Å²) < 4.78 is 30.0. The van der Waals surface area contributed by atoms with E-state index in [4.69, 9.17) is 0 Å². The van der Waals surface area contributed by atoms with E-state index in [1.165, 1.54) is 17.9 Å². The van der Waals surface area contributed by atoms with Gasteiger partial charge in [0.05, 0.1) is 19.1 Å². The molecule has 0 unspecified atom stereocenters. The number of rotatable bonds is 4. The number of sulfonamides is 1. The molecular formula is C13H13N3O5S. The first-order valence-corrected chi connectivity index (χ1v) is 7.97. The number of carbonyl (C=O) groups is 2. The number of methoxy groups -OCH3 is 1. The molecule has 0 saturated carbocycles. The van der Waals surface area contributed by atoms with Crippen molar-refractivity contribution in [2.75, 3.05) is 13.4 Å². The number of amides is 1. The first-order chi connectivity index (χ1) is 10.3. The van der Waals surface area contributed by atoms with Crippen LogP contribution in [0.3, 0.4) is 0 Å². The molecule has 0 fully saturated rings. The molecule has 0 aliphatic heterocycles. The Bertz CT molecular complexity index is 811. The van der Waals surface area contributed by atoms with Crippen LogP contribution in [0.4, 0.5) is 0 Å². The average molecular weight is 323 g/mol. The van der Waals surface area contributed by atoms with E-state index in [1.807, 2.05) is 4.72 Å². The largest absolute Gasteiger partial charge is 0.464 e. The van der Waals surface area contributed by atoms with E-state index in [0.717, 1.165) is 6.26 Å². The summed E-state index contributed by atoms with van der Waals surface area (Å²) in [5, 5.41) is 3.99. The summed E-state index contributed by atoms with van der Waals surface area (Å²) >= 11 is 0. The molecule has 0 spiro atoms. The summed E-state index contributed by atoms with van der Waals surface area (Å²) in [6.45, 7) is 0. The van der Waals surface area contributed by atoms with Crippen LogP contribution in [0.1, 0.15) is 21.0 Å². The van der Waals surface area contributed by atoms with Crippen LogP contribution in [-0.2, 0) is 14.8 Å². The lowest BCUT2D eigenvalue weighted by Gasteiger charge is -2.06. The number of carbonyl (C=O) groups excluding carboxylic acids is 2. The number of aromatic nitrogens is 2. The van der Waals surface area contributed by atoms with E-state index in [2.05, 4.69) is 9.84 Å². The number of nitrogens with one attached hydrogen (secondary N) is 1. The fourth-order valence-electron chi connectivity index (χ4n) is 1.73. The highest BCUT2D eigenvalue weighted by molar-refractivity contribution is 7.89. The summed E-state index contributed by atoms with van der Waals surface area (Å²) in [4.78, 5) is 23.6. The van der Waals surface area contributed by atoms with Gasteiger partial charge < -0.3 is 4.74 Å². The van der Waals surface area contributed by atoms with E-state index in [-0.39, 0.29) is 11.4 Å².